The molecule has 154 valence electrons. The van der Waals surface area contributed by atoms with Crippen LogP contribution in [-0.2, 0) is 4.43 Å². The quantitative estimate of drug-likeness (QED) is 0.528. The Labute approximate surface area is 178 Å². The van der Waals surface area contributed by atoms with Gasteiger partial charge in [-0.2, -0.15) is 0 Å². The van der Waals surface area contributed by atoms with E-state index in [9.17, 15) is 0 Å². The summed E-state index contributed by atoms with van der Waals surface area (Å²) in [5.41, 5.74) is 1.56. The number of rotatable bonds is 6. The third kappa shape index (κ3) is 4.20. The van der Waals surface area contributed by atoms with Gasteiger partial charge in [0.05, 0.1) is 0 Å². The van der Waals surface area contributed by atoms with E-state index in [-0.39, 0.29) is 10.5 Å². The summed E-state index contributed by atoms with van der Waals surface area (Å²) >= 11 is 0. The smallest absolute Gasteiger partial charge is 0.261 e. The first-order valence-corrected chi connectivity index (χ1v) is 12.7. The maximum atomic E-state index is 7.22. The molecule has 1 aliphatic rings. The van der Waals surface area contributed by atoms with Gasteiger partial charge in [-0.05, 0) is 39.2 Å². The van der Waals surface area contributed by atoms with E-state index in [0.29, 0.717) is 5.92 Å². The van der Waals surface area contributed by atoms with Crippen molar-refractivity contribution in [2.45, 2.75) is 52.5 Å². The lowest BCUT2D eigenvalue weighted by molar-refractivity contribution is 0.138. The largest absolute Gasteiger partial charge is 0.407 e. The Bertz CT molecular complexity index is 804. The fourth-order valence-electron chi connectivity index (χ4n) is 4.90. The number of allylic oxidation sites excluding steroid dienone is 2. The van der Waals surface area contributed by atoms with Crippen LogP contribution in [0.2, 0.25) is 5.04 Å². The second-order valence-corrected chi connectivity index (χ2v) is 14.3. The van der Waals surface area contributed by atoms with Crippen LogP contribution in [0.5, 0.6) is 0 Å². The van der Waals surface area contributed by atoms with Gasteiger partial charge in [0.2, 0.25) is 0 Å². The fourth-order valence-corrected chi connectivity index (χ4v) is 9.47. The molecule has 2 aromatic carbocycles. The monoisotopic (exact) mass is 404 g/mol. The van der Waals surface area contributed by atoms with Crippen LogP contribution in [0.25, 0.3) is 0 Å². The Hall–Kier alpha value is -1.90. The lowest BCUT2D eigenvalue weighted by atomic mass is 9.69. The van der Waals surface area contributed by atoms with Crippen molar-refractivity contribution in [2.24, 2.45) is 11.3 Å². The van der Waals surface area contributed by atoms with Crippen molar-refractivity contribution in [1.29, 1.82) is 0 Å². The van der Waals surface area contributed by atoms with Gasteiger partial charge in [-0.25, -0.2) is 0 Å². The molecule has 1 aliphatic carbocycles. The highest BCUT2D eigenvalue weighted by molar-refractivity contribution is 6.99. The third-order valence-electron chi connectivity index (χ3n) is 6.63. The summed E-state index contributed by atoms with van der Waals surface area (Å²) in [7, 11) is -2.50. The van der Waals surface area contributed by atoms with E-state index in [2.05, 4.69) is 108 Å². The molecule has 0 saturated carbocycles. The molecule has 0 unspecified atom stereocenters. The summed E-state index contributed by atoms with van der Waals surface area (Å²) in [5, 5.41) is 2.69. The molecule has 1 nitrogen and oxygen atoms in total. The van der Waals surface area contributed by atoms with Gasteiger partial charge in [-0.3, -0.25) is 0 Å². The normalized spacial score (nSPS) is 19.5. The molecule has 3 rings (SSSR count). The molecule has 2 heteroatoms. The Morgan fingerprint density at radius 2 is 1.52 bits per heavy atom. The van der Waals surface area contributed by atoms with Crippen LogP contribution in [0.15, 0.2) is 85.0 Å². The van der Waals surface area contributed by atoms with Crippen LogP contribution in [-0.4, -0.2) is 14.9 Å². The van der Waals surface area contributed by atoms with E-state index in [1.807, 2.05) is 6.08 Å². The maximum absolute atomic E-state index is 7.22. The summed E-state index contributed by atoms with van der Waals surface area (Å²) in [4.78, 5) is 0. The van der Waals surface area contributed by atoms with Crippen molar-refractivity contribution in [3.63, 3.8) is 0 Å². The molecular formula is C27H36OSi. The minimum absolute atomic E-state index is 0.00652. The first kappa shape index (κ1) is 21.8. The Morgan fingerprint density at radius 3 is 1.97 bits per heavy atom. The Morgan fingerprint density at radius 1 is 1.00 bits per heavy atom. The standard InChI is InChI=1S/C27H36OSi/c1-7-22-15-14-20-27(5,6)25(22)21-28-29(26(2,3)4,23-16-10-8-11-17-23)24-18-12-9-13-19-24/h7-13,15-19,25H,1,14,20-21H2,2-6H3/t25-/m1/s1. The first-order chi connectivity index (χ1) is 13.7. The molecule has 0 aromatic heterocycles. The molecule has 1 atom stereocenters. The van der Waals surface area contributed by atoms with E-state index >= 15 is 0 Å². The van der Waals surface area contributed by atoms with E-state index in [0.717, 1.165) is 13.0 Å². The van der Waals surface area contributed by atoms with Gasteiger partial charge in [-0.1, -0.05) is 114 Å². The average Bonchev–Trinajstić information content (AvgIpc) is 2.69. The molecular weight excluding hydrogens is 368 g/mol. The van der Waals surface area contributed by atoms with Crippen LogP contribution < -0.4 is 10.4 Å². The van der Waals surface area contributed by atoms with Gasteiger partial charge in [0.1, 0.15) is 0 Å². The molecule has 0 bridgehead atoms. The SMILES string of the molecule is C=CC1=CCCC(C)(C)[C@@H]1CO[Si](c1ccccc1)(c1ccccc1)C(C)(C)C. The fraction of sp³-hybridized carbons (Fsp3) is 0.407. The average molecular weight is 405 g/mol. The van der Waals surface area contributed by atoms with Crippen molar-refractivity contribution in [3.05, 3.63) is 85.0 Å². The van der Waals surface area contributed by atoms with Crippen molar-refractivity contribution in [3.8, 4) is 0 Å². The second-order valence-electron chi connectivity index (χ2n) is 9.96. The molecule has 0 radical (unpaired) electrons. The Kier molecular flexibility index (Phi) is 6.35. The van der Waals surface area contributed by atoms with Gasteiger partial charge < -0.3 is 4.43 Å². The van der Waals surface area contributed by atoms with Gasteiger partial charge in [0.25, 0.3) is 8.32 Å². The van der Waals surface area contributed by atoms with Crippen molar-refractivity contribution >= 4 is 18.7 Å². The molecule has 0 fully saturated rings. The lowest BCUT2D eigenvalue weighted by Gasteiger charge is -2.46. The Balaban J connectivity index is 2.10. The summed E-state index contributed by atoms with van der Waals surface area (Å²) in [6.45, 7) is 16.6. The molecule has 29 heavy (non-hydrogen) atoms. The van der Waals surface area contributed by atoms with Crippen molar-refractivity contribution in [1.82, 2.24) is 0 Å². The summed E-state index contributed by atoms with van der Waals surface area (Å²) in [6, 6.07) is 21.8. The van der Waals surface area contributed by atoms with Gasteiger partial charge >= 0.3 is 0 Å². The molecule has 2 aromatic rings. The molecule has 0 amide bonds. The van der Waals surface area contributed by atoms with E-state index in [1.54, 1.807) is 0 Å². The number of hydrogen-bond donors (Lipinski definition) is 0. The maximum Gasteiger partial charge on any atom is 0.261 e. The van der Waals surface area contributed by atoms with Crippen molar-refractivity contribution < 1.29 is 4.43 Å². The number of benzene rings is 2. The zero-order valence-corrected chi connectivity index (χ0v) is 19.7. The van der Waals surface area contributed by atoms with Crippen LogP contribution in [0.4, 0.5) is 0 Å². The van der Waals surface area contributed by atoms with E-state index in [4.69, 9.17) is 4.43 Å². The molecule has 0 spiro atoms. The van der Waals surface area contributed by atoms with E-state index < -0.39 is 8.32 Å². The molecule has 0 heterocycles. The van der Waals surface area contributed by atoms with Crippen molar-refractivity contribution in [2.75, 3.05) is 6.61 Å². The van der Waals surface area contributed by atoms with Crippen LogP contribution >= 0.6 is 0 Å². The minimum Gasteiger partial charge on any atom is -0.407 e. The zero-order valence-electron chi connectivity index (χ0n) is 18.7. The second kappa shape index (κ2) is 8.45. The predicted molar refractivity (Wildman–Crippen MR) is 128 cm³/mol. The van der Waals surface area contributed by atoms with Gasteiger partial charge in [0, 0.05) is 12.5 Å². The minimum atomic E-state index is -2.50. The number of hydrogen-bond acceptors (Lipinski definition) is 1. The molecule has 0 N–H and O–H groups in total. The lowest BCUT2D eigenvalue weighted by Crippen LogP contribution is -2.67. The molecule has 0 saturated heterocycles. The topological polar surface area (TPSA) is 9.23 Å². The molecule has 0 aliphatic heterocycles. The van der Waals surface area contributed by atoms with E-state index in [1.165, 1.54) is 22.4 Å². The zero-order chi connectivity index (χ0) is 21.1. The first-order valence-electron chi connectivity index (χ1n) is 10.8. The summed E-state index contributed by atoms with van der Waals surface area (Å²) < 4.78 is 7.22. The summed E-state index contributed by atoms with van der Waals surface area (Å²) in [5.74, 6) is 0.371. The van der Waals surface area contributed by atoms with Gasteiger partial charge in [-0.15, -0.1) is 0 Å². The van der Waals surface area contributed by atoms with Crippen LogP contribution in [0, 0.1) is 11.3 Å². The third-order valence-corrected chi connectivity index (χ3v) is 11.6. The van der Waals surface area contributed by atoms with Crippen LogP contribution in [0.3, 0.4) is 0 Å². The highest BCUT2D eigenvalue weighted by atomic mass is 28.4. The summed E-state index contributed by atoms with van der Waals surface area (Å²) in [6.07, 6.45) is 6.72. The highest BCUT2D eigenvalue weighted by Crippen LogP contribution is 2.43. The highest BCUT2D eigenvalue weighted by Gasteiger charge is 2.51. The van der Waals surface area contributed by atoms with Crippen LogP contribution in [0.1, 0.15) is 47.5 Å². The van der Waals surface area contributed by atoms with Gasteiger partial charge in [0.15, 0.2) is 0 Å². The predicted octanol–water partition coefficient (Wildman–Crippen LogP) is 6.11.